The highest BCUT2D eigenvalue weighted by Crippen LogP contribution is 2.30. The number of carbonyl (C=O) groups is 2. The predicted molar refractivity (Wildman–Crippen MR) is 82.4 cm³/mol. The van der Waals surface area contributed by atoms with E-state index >= 15 is 0 Å². The Morgan fingerprint density at radius 1 is 1.28 bits per heavy atom. The van der Waals surface area contributed by atoms with Crippen LogP contribution in [0, 0.1) is 5.92 Å². The molecule has 6 nitrogen and oxygen atoms in total. The van der Waals surface area contributed by atoms with Gasteiger partial charge in [0.2, 0.25) is 0 Å². The van der Waals surface area contributed by atoms with Gasteiger partial charge in [-0.05, 0) is 30.5 Å². The summed E-state index contributed by atoms with van der Waals surface area (Å²) in [4.78, 5) is 23.3. The molecule has 2 rings (SSSR count). The average molecular weight is 379 g/mol. The quantitative estimate of drug-likeness (QED) is 0.791. The van der Waals surface area contributed by atoms with Crippen LogP contribution >= 0.6 is 0 Å². The SMILES string of the molecule is O=C(COC(=O)C[C@H]1CCS(=O)(=O)C1)Nc1cccc(C(F)(F)F)c1. The molecule has 1 saturated heterocycles. The summed E-state index contributed by atoms with van der Waals surface area (Å²) in [7, 11) is -3.11. The molecular weight excluding hydrogens is 363 g/mol. The zero-order valence-electron chi connectivity index (χ0n) is 13.0. The number of ether oxygens (including phenoxy) is 1. The van der Waals surface area contributed by atoms with Crippen molar-refractivity contribution >= 4 is 27.4 Å². The molecule has 0 unspecified atom stereocenters. The first-order valence-corrected chi connectivity index (χ1v) is 9.20. The van der Waals surface area contributed by atoms with Gasteiger partial charge in [-0.15, -0.1) is 0 Å². The van der Waals surface area contributed by atoms with Crippen LogP contribution in [0.2, 0.25) is 0 Å². The number of sulfone groups is 1. The highest BCUT2D eigenvalue weighted by molar-refractivity contribution is 7.91. The lowest BCUT2D eigenvalue weighted by molar-refractivity contribution is -0.148. The van der Waals surface area contributed by atoms with Crippen molar-refractivity contribution in [2.45, 2.75) is 19.0 Å². The first-order valence-electron chi connectivity index (χ1n) is 7.38. The Labute approximate surface area is 142 Å². The maximum absolute atomic E-state index is 12.6. The lowest BCUT2D eigenvalue weighted by Crippen LogP contribution is -2.22. The van der Waals surface area contributed by atoms with Gasteiger partial charge in [0.25, 0.3) is 5.91 Å². The number of nitrogens with one attached hydrogen (secondary N) is 1. The van der Waals surface area contributed by atoms with Crippen molar-refractivity contribution in [1.82, 2.24) is 0 Å². The number of carbonyl (C=O) groups excluding carboxylic acids is 2. The Bertz CT molecular complexity index is 761. The van der Waals surface area contributed by atoms with Crippen LogP contribution in [0.5, 0.6) is 0 Å². The molecule has 0 saturated carbocycles. The van der Waals surface area contributed by atoms with E-state index in [9.17, 15) is 31.2 Å². The average Bonchev–Trinajstić information content (AvgIpc) is 2.83. The summed E-state index contributed by atoms with van der Waals surface area (Å²) in [6.45, 7) is -0.658. The molecule has 1 aromatic rings. The standard InChI is InChI=1S/C15H16F3NO5S/c16-15(17,18)11-2-1-3-12(7-11)19-13(20)8-24-14(21)6-10-4-5-25(22,23)9-10/h1-3,7,10H,4-6,8-9H2,(H,19,20)/t10-/m1/s1. The summed E-state index contributed by atoms with van der Waals surface area (Å²) in [5.74, 6) is -1.89. The molecule has 1 aliphatic heterocycles. The number of hydrogen-bond donors (Lipinski definition) is 1. The third kappa shape index (κ3) is 6.04. The van der Waals surface area contributed by atoms with Crippen LogP contribution in [0.3, 0.4) is 0 Å². The smallest absolute Gasteiger partial charge is 0.416 e. The Balaban J connectivity index is 1.80. The summed E-state index contributed by atoms with van der Waals surface area (Å²) in [6.07, 6.45) is -4.28. The summed E-state index contributed by atoms with van der Waals surface area (Å²) in [5.41, 5.74) is -0.984. The molecule has 0 radical (unpaired) electrons. The van der Waals surface area contributed by atoms with Crippen molar-refractivity contribution in [3.05, 3.63) is 29.8 Å². The van der Waals surface area contributed by atoms with E-state index < -0.39 is 40.1 Å². The van der Waals surface area contributed by atoms with Crippen LogP contribution in [-0.2, 0) is 30.3 Å². The number of alkyl halides is 3. The number of rotatable bonds is 5. The van der Waals surface area contributed by atoms with Gasteiger partial charge in [-0.2, -0.15) is 13.2 Å². The van der Waals surface area contributed by atoms with Gasteiger partial charge in [0, 0.05) is 12.1 Å². The monoisotopic (exact) mass is 379 g/mol. The first kappa shape index (κ1) is 19.2. The highest BCUT2D eigenvalue weighted by Gasteiger charge is 2.31. The first-order chi connectivity index (χ1) is 11.5. The van der Waals surface area contributed by atoms with Gasteiger partial charge in [0.05, 0.1) is 17.1 Å². The van der Waals surface area contributed by atoms with E-state index in [0.717, 1.165) is 18.2 Å². The van der Waals surface area contributed by atoms with Gasteiger partial charge < -0.3 is 10.1 Å². The van der Waals surface area contributed by atoms with Gasteiger partial charge in [0.1, 0.15) is 0 Å². The molecule has 0 spiro atoms. The van der Waals surface area contributed by atoms with Gasteiger partial charge >= 0.3 is 12.1 Å². The molecule has 1 aromatic carbocycles. The van der Waals surface area contributed by atoms with E-state index in [1.165, 1.54) is 6.07 Å². The van der Waals surface area contributed by atoms with Gasteiger partial charge in [-0.25, -0.2) is 8.42 Å². The molecule has 1 amide bonds. The van der Waals surface area contributed by atoms with E-state index in [0.29, 0.717) is 6.42 Å². The van der Waals surface area contributed by atoms with Crippen LogP contribution in [-0.4, -0.2) is 38.4 Å². The fourth-order valence-corrected chi connectivity index (χ4v) is 4.31. The minimum Gasteiger partial charge on any atom is -0.456 e. The Hall–Kier alpha value is -2.10. The number of hydrogen-bond acceptors (Lipinski definition) is 5. The zero-order valence-corrected chi connectivity index (χ0v) is 13.8. The van der Waals surface area contributed by atoms with Crippen molar-refractivity contribution in [2.75, 3.05) is 23.4 Å². The molecule has 0 aliphatic carbocycles. The van der Waals surface area contributed by atoms with Crippen LogP contribution in [0.15, 0.2) is 24.3 Å². The van der Waals surface area contributed by atoms with E-state index in [4.69, 9.17) is 4.74 Å². The third-order valence-corrected chi connectivity index (χ3v) is 5.46. The van der Waals surface area contributed by atoms with Crippen LogP contribution in [0.25, 0.3) is 0 Å². The molecule has 25 heavy (non-hydrogen) atoms. The van der Waals surface area contributed by atoms with Crippen LogP contribution < -0.4 is 5.32 Å². The second-order valence-electron chi connectivity index (χ2n) is 5.76. The second kappa shape index (κ2) is 7.42. The van der Waals surface area contributed by atoms with Gasteiger partial charge in [0.15, 0.2) is 16.4 Å². The predicted octanol–water partition coefficient (Wildman–Crippen LogP) is 2.01. The van der Waals surface area contributed by atoms with Crippen LogP contribution in [0.4, 0.5) is 18.9 Å². The normalized spacial score (nSPS) is 19.4. The van der Waals surface area contributed by atoms with E-state index in [1.807, 2.05) is 0 Å². The highest BCUT2D eigenvalue weighted by atomic mass is 32.2. The number of amides is 1. The molecule has 1 aliphatic rings. The van der Waals surface area contributed by atoms with E-state index in [-0.39, 0.29) is 29.5 Å². The Morgan fingerprint density at radius 3 is 2.60 bits per heavy atom. The minimum atomic E-state index is -4.53. The summed E-state index contributed by atoms with van der Waals surface area (Å²) in [5, 5.41) is 2.20. The van der Waals surface area contributed by atoms with Crippen molar-refractivity contribution < 1.29 is 35.9 Å². The van der Waals surface area contributed by atoms with Crippen molar-refractivity contribution in [3.8, 4) is 0 Å². The molecule has 1 fully saturated rings. The topological polar surface area (TPSA) is 89.5 Å². The molecular formula is C15H16F3NO5S. The molecule has 0 aromatic heterocycles. The van der Waals surface area contributed by atoms with E-state index in [1.54, 1.807) is 0 Å². The molecule has 1 atom stereocenters. The fourth-order valence-electron chi connectivity index (χ4n) is 2.44. The lowest BCUT2D eigenvalue weighted by atomic mass is 10.1. The summed E-state index contributed by atoms with van der Waals surface area (Å²) < 4.78 is 65.1. The van der Waals surface area contributed by atoms with Crippen LogP contribution in [0.1, 0.15) is 18.4 Å². The van der Waals surface area contributed by atoms with Gasteiger partial charge in [-0.1, -0.05) is 6.07 Å². The largest absolute Gasteiger partial charge is 0.456 e. The Kier molecular flexibility index (Phi) is 5.71. The number of halogens is 3. The molecule has 138 valence electrons. The molecule has 10 heteroatoms. The third-order valence-electron chi connectivity index (χ3n) is 3.62. The van der Waals surface area contributed by atoms with Crippen molar-refractivity contribution in [2.24, 2.45) is 5.92 Å². The second-order valence-corrected chi connectivity index (χ2v) is 7.99. The summed E-state index contributed by atoms with van der Waals surface area (Å²) >= 11 is 0. The molecule has 0 bridgehead atoms. The van der Waals surface area contributed by atoms with Crippen molar-refractivity contribution in [1.29, 1.82) is 0 Å². The number of benzene rings is 1. The Morgan fingerprint density at radius 2 is 2.00 bits per heavy atom. The maximum atomic E-state index is 12.6. The fraction of sp³-hybridized carbons (Fsp3) is 0.467. The molecule has 1 N–H and O–H groups in total. The van der Waals surface area contributed by atoms with Gasteiger partial charge in [-0.3, -0.25) is 9.59 Å². The zero-order chi connectivity index (χ0) is 18.7. The number of esters is 1. The number of anilines is 1. The maximum Gasteiger partial charge on any atom is 0.416 e. The summed E-state index contributed by atoms with van der Waals surface area (Å²) in [6, 6.07) is 4.05. The lowest BCUT2D eigenvalue weighted by Gasteiger charge is -2.11. The molecule has 1 heterocycles. The van der Waals surface area contributed by atoms with Crippen molar-refractivity contribution in [3.63, 3.8) is 0 Å². The minimum absolute atomic E-state index is 0.0287. The van der Waals surface area contributed by atoms with E-state index in [2.05, 4.69) is 5.32 Å².